The summed E-state index contributed by atoms with van der Waals surface area (Å²) in [6.07, 6.45) is 1.40. The van der Waals surface area contributed by atoms with Crippen LogP contribution in [0.25, 0.3) is 0 Å². The smallest absolute Gasteiger partial charge is 0.255 e. The highest BCUT2D eigenvalue weighted by Crippen LogP contribution is 2.18. The number of rotatable bonds is 5. The van der Waals surface area contributed by atoms with Gasteiger partial charge in [-0.05, 0) is 24.3 Å². The van der Waals surface area contributed by atoms with Crippen molar-refractivity contribution in [2.45, 2.75) is 4.90 Å². The SMILES string of the molecule is Fc1ncccc1OCCSc1ccccc1. The van der Waals surface area contributed by atoms with Crippen LogP contribution in [0.2, 0.25) is 0 Å². The Balaban J connectivity index is 1.76. The standard InChI is InChI=1S/C13H12FNOS/c14-13-12(7-4-8-15-13)16-9-10-17-11-5-2-1-3-6-11/h1-8H,9-10H2. The van der Waals surface area contributed by atoms with E-state index in [-0.39, 0.29) is 5.75 Å². The van der Waals surface area contributed by atoms with Crippen LogP contribution in [0.3, 0.4) is 0 Å². The lowest BCUT2D eigenvalue weighted by Gasteiger charge is -2.05. The molecule has 0 fully saturated rings. The molecule has 88 valence electrons. The summed E-state index contributed by atoms with van der Waals surface area (Å²) in [6.45, 7) is 0.460. The summed E-state index contributed by atoms with van der Waals surface area (Å²) in [5.74, 6) is 0.427. The van der Waals surface area contributed by atoms with Crippen molar-refractivity contribution in [3.8, 4) is 5.75 Å². The van der Waals surface area contributed by atoms with Gasteiger partial charge in [0.1, 0.15) is 0 Å². The predicted octanol–water partition coefficient (Wildman–Crippen LogP) is 3.39. The molecule has 0 aliphatic heterocycles. The second-order valence-corrected chi connectivity index (χ2v) is 4.47. The average molecular weight is 249 g/mol. The molecule has 0 radical (unpaired) electrons. The third-order valence-corrected chi connectivity index (χ3v) is 3.05. The Hall–Kier alpha value is -1.55. The Kier molecular flexibility index (Phi) is 4.38. The van der Waals surface area contributed by atoms with E-state index in [0.29, 0.717) is 6.61 Å². The number of ether oxygens (including phenoxy) is 1. The summed E-state index contributed by atoms with van der Waals surface area (Å²) >= 11 is 1.68. The van der Waals surface area contributed by atoms with Crippen LogP contribution in [-0.2, 0) is 0 Å². The Morgan fingerprint density at radius 2 is 1.94 bits per heavy atom. The molecule has 0 N–H and O–H groups in total. The Labute approximate surface area is 104 Å². The summed E-state index contributed by atoms with van der Waals surface area (Å²) in [4.78, 5) is 4.70. The molecule has 0 aliphatic rings. The van der Waals surface area contributed by atoms with Gasteiger partial charge in [0.05, 0.1) is 6.61 Å². The first kappa shape index (κ1) is 11.9. The summed E-state index contributed by atoms with van der Waals surface area (Å²) in [5, 5.41) is 0. The van der Waals surface area contributed by atoms with Crippen LogP contribution in [0.15, 0.2) is 53.6 Å². The minimum atomic E-state index is -0.558. The van der Waals surface area contributed by atoms with E-state index in [1.165, 1.54) is 11.1 Å². The van der Waals surface area contributed by atoms with Gasteiger partial charge in [-0.1, -0.05) is 18.2 Å². The highest BCUT2D eigenvalue weighted by molar-refractivity contribution is 7.99. The molecular formula is C13H12FNOS. The van der Waals surface area contributed by atoms with Gasteiger partial charge in [0.15, 0.2) is 5.75 Å². The number of hydrogen-bond donors (Lipinski definition) is 0. The van der Waals surface area contributed by atoms with E-state index in [4.69, 9.17) is 4.74 Å². The molecule has 0 aliphatic carbocycles. The summed E-state index contributed by atoms with van der Waals surface area (Å²) in [6, 6.07) is 13.3. The highest BCUT2D eigenvalue weighted by Gasteiger charge is 2.02. The van der Waals surface area contributed by atoms with Crippen LogP contribution >= 0.6 is 11.8 Å². The maximum Gasteiger partial charge on any atom is 0.255 e. The molecule has 1 aromatic carbocycles. The zero-order chi connectivity index (χ0) is 11.9. The zero-order valence-electron chi connectivity index (χ0n) is 9.17. The maximum absolute atomic E-state index is 13.1. The first-order valence-corrected chi connectivity index (χ1v) is 6.26. The third kappa shape index (κ3) is 3.75. The molecular weight excluding hydrogens is 237 g/mol. The molecule has 4 heteroatoms. The van der Waals surface area contributed by atoms with Crippen molar-refractivity contribution >= 4 is 11.8 Å². The quantitative estimate of drug-likeness (QED) is 0.460. The van der Waals surface area contributed by atoms with Crippen molar-refractivity contribution < 1.29 is 9.13 Å². The van der Waals surface area contributed by atoms with Gasteiger partial charge < -0.3 is 4.74 Å². The number of aromatic nitrogens is 1. The van der Waals surface area contributed by atoms with Gasteiger partial charge in [-0.2, -0.15) is 4.39 Å². The van der Waals surface area contributed by atoms with Gasteiger partial charge in [0, 0.05) is 16.8 Å². The second-order valence-electron chi connectivity index (χ2n) is 3.30. The molecule has 0 spiro atoms. The predicted molar refractivity (Wildman–Crippen MR) is 66.9 cm³/mol. The normalized spacial score (nSPS) is 10.2. The molecule has 2 aromatic rings. The van der Waals surface area contributed by atoms with Crippen molar-refractivity contribution in [2.24, 2.45) is 0 Å². The van der Waals surface area contributed by atoms with Gasteiger partial charge in [0.2, 0.25) is 0 Å². The van der Waals surface area contributed by atoms with Crippen LogP contribution in [0.5, 0.6) is 5.75 Å². The van der Waals surface area contributed by atoms with Crippen molar-refractivity contribution in [3.05, 3.63) is 54.6 Å². The molecule has 17 heavy (non-hydrogen) atoms. The van der Waals surface area contributed by atoms with Crippen LogP contribution in [-0.4, -0.2) is 17.3 Å². The second kappa shape index (κ2) is 6.25. The lowest BCUT2D eigenvalue weighted by atomic mass is 10.4. The monoisotopic (exact) mass is 249 g/mol. The molecule has 0 saturated carbocycles. The van der Waals surface area contributed by atoms with E-state index >= 15 is 0 Å². The van der Waals surface area contributed by atoms with Crippen molar-refractivity contribution in [1.82, 2.24) is 4.98 Å². The number of benzene rings is 1. The van der Waals surface area contributed by atoms with Crippen molar-refractivity contribution in [3.63, 3.8) is 0 Å². The van der Waals surface area contributed by atoms with E-state index < -0.39 is 5.95 Å². The first-order chi connectivity index (χ1) is 8.36. The molecule has 1 heterocycles. The lowest BCUT2D eigenvalue weighted by molar-refractivity contribution is 0.319. The van der Waals surface area contributed by atoms with Gasteiger partial charge >= 0.3 is 0 Å². The third-order valence-electron chi connectivity index (χ3n) is 2.08. The number of pyridine rings is 1. The van der Waals surface area contributed by atoms with Gasteiger partial charge in [-0.25, -0.2) is 4.98 Å². The topological polar surface area (TPSA) is 22.1 Å². The fourth-order valence-electron chi connectivity index (χ4n) is 1.31. The number of hydrogen-bond acceptors (Lipinski definition) is 3. The minimum Gasteiger partial charge on any atom is -0.488 e. The van der Waals surface area contributed by atoms with Crippen LogP contribution in [0, 0.1) is 5.95 Å². The molecule has 2 nitrogen and oxygen atoms in total. The number of thioether (sulfide) groups is 1. The van der Waals surface area contributed by atoms with Crippen LogP contribution in [0.1, 0.15) is 0 Å². The zero-order valence-corrected chi connectivity index (χ0v) is 9.99. The largest absolute Gasteiger partial charge is 0.488 e. The van der Waals surface area contributed by atoms with E-state index in [1.54, 1.807) is 23.9 Å². The fraction of sp³-hybridized carbons (Fsp3) is 0.154. The van der Waals surface area contributed by atoms with E-state index in [0.717, 1.165) is 5.75 Å². The average Bonchev–Trinajstić information content (AvgIpc) is 2.38. The van der Waals surface area contributed by atoms with Gasteiger partial charge in [-0.3, -0.25) is 0 Å². The maximum atomic E-state index is 13.1. The number of halogens is 1. The Bertz CT molecular complexity index is 464. The molecule has 0 amide bonds. The van der Waals surface area contributed by atoms with E-state index in [9.17, 15) is 4.39 Å². The van der Waals surface area contributed by atoms with Crippen molar-refractivity contribution in [2.75, 3.05) is 12.4 Å². The molecule has 0 saturated heterocycles. The molecule has 1 aromatic heterocycles. The fourth-order valence-corrected chi connectivity index (χ4v) is 2.06. The molecule has 2 rings (SSSR count). The molecule has 0 bridgehead atoms. The Morgan fingerprint density at radius 1 is 1.12 bits per heavy atom. The summed E-state index contributed by atoms with van der Waals surface area (Å²) in [7, 11) is 0. The van der Waals surface area contributed by atoms with E-state index in [2.05, 4.69) is 4.98 Å². The Morgan fingerprint density at radius 3 is 2.71 bits per heavy atom. The summed E-state index contributed by atoms with van der Waals surface area (Å²) < 4.78 is 18.4. The molecule has 0 unspecified atom stereocenters. The van der Waals surface area contributed by atoms with E-state index in [1.807, 2.05) is 30.3 Å². The highest BCUT2D eigenvalue weighted by atomic mass is 32.2. The van der Waals surface area contributed by atoms with Crippen LogP contribution < -0.4 is 4.74 Å². The van der Waals surface area contributed by atoms with Crippen LogP contribution in [0.4, 0.5) is 4.39 Å². The van der Waals surface area contributed by atoms with Crippen molar-refractivity contribution in [1.29, 1.82) is 0 Å². The van der Waals surface area contributed by atoms with Gasteiger partial charge in [-0.15, -0.1) is 11.8 Å². The molecule has 0 atom stereocenters. The first-order valence-electron chi connectivity index (χ1n) is 5.27. The minimum absolute atomic E-state index is 0.209. The number of nitrogens with zero attached hydrogens (tertiary/aromatic N) is 1. The summed E-state index contributed by atoms with van der Waals surface area (Å²) in [5.41, 5.74) is 0. The lowest BCUT2D eigenvalue weighted by Crippen LogP contribution is -2.02. The van der Waals surface area contributed by atoms with Gasteiger partial charge in [0.25, 0.3) is 5.95 Å².